The Morgan fingerprint density at radius 2 is 1.04 bits per heavy atom. The van der Waals surface area contributed by atoms with Crippen molar-refractivity contribution in [2.45, 2.75) is 134 Å². The summed E-state index contributed by atoms with van der Waals surface area (Å²) < 4.78 is 0. The number of nitrogens with two attached hydrogens (primary N) is 4. The molecule has 0 saturated heterocycles. The smallest absolute Gasteiger partial charge is 0.0792 e. The summed E-state index contributed by atoms with van der Waals surface area (Å²) in [6.07, 6.45) is 22.4. The minimum atomic E-state index is -0.695. The molecule has 1 unspecified atom stereocenters. The molecule has 0 amide bonds. The van der Waals surface area contributed by atoms with Crippen LogP contribution < -0.4 is 22.9 Å². The lowest BCUT2D eigenvalue weighted by molar-refractivity contribution is 0.299. The van der Waals surface area contributed by atoms with Gasteiger partial charge in [0.15, 0.2) is 0 Å². The summed E-state index contributed by atoms with van der Waals surface area (Å²) in [4.78, 5) is 0. The van der Waals surface area contributed by atoms with Crippen LogP contribution in [0.4, 0.5) is 0 Å². The zero-order valence-corrected chi connectivity index (χ0v) is 17.8. The standard InChI is InChI=1S/C22H50N4/c1-2-3-4-5-6-7-8-10-13-16-19-22(25,26)21(24)18-15-12-9-11-14-17-20-23/h21H,2-20,23-26H2,1H3. The first kappa shape index (κ1) is 25.8. The van der Waals surface area contributed by atoms with E-state index in [2.05, 4.69) is 6.92 Å². The molecular weight excluding hydrogens is 320 g/mol. The van der Waals surface area contributed by atoms with Crippen LogP contribution in [0.15, 0.2) is 0 Å². The molecule has 0 aromatic rings. The maximum absolute atomic E-state index is 6.29. The van der Waals surface area contributed by atoms with E-state index in [9.17, 15) is 0 Å². The first-order chi connectivity index (χ1) is 12.5. The molecule has 0 aliphatic rings. The fraction of sp³-hybridized carbons (Fsp3) is 1.00. The Bertz CT molecular complexity index is 281. The molecule has 4 nitrogen and oxygen atoms in total. The highest BCUT2D eigenvalue weighted by Crippen LogP contribution is 2.17. The first-order valence-corrected chi connectivity index (χ1v) is 11.6. The van der Waals surface area contributed by atoms with Gasteiger partial charge in [-0.2, -0.15) is 0 Å². The molecule has 4 heteroatoms. The summed E-state index contributed by atoms with van der Waals surface area (Å²) in [7, 11) is 0. The van der Waals surface area contributed by atoms with E-state index in [1.54, 1.807) is 0 Å². The molecular formula is C22H50N4. The maximum Gasteiger partial charge on any atom is 0.0792 e. The Morgan fingerprint density at radius 1 is 0.615 bits per heavy atom. The molecule has 0 aliphatic heterocycles. The summed E-state index contributed by atoms with van der Waals surface area (Å²) in [5.74, 6) is 0. The van der Waals surface area contributed by atoms with Crippen LogP contribution in [0.2, 0.25) is 0 Å². The second kappa shape index (κ2) is 18.2. The van der Waals surface area contributed by atoms with E-state index in [-0.39, 0.29) is 6.04 Å². The second-order valence-corrected chi connectivity index (χ2v) is 8.35. The lowest BCUT2D eigenvalue weighted by Gasteiger charge is -2.31. The van der Waals surface area contributed by atoms with Gasteiger partial charge in [-0.25, -0.2) is 0 Å². The molecule has 0 fully saturated rings. The molecule has 1 atom stereocenters. The van der Waals surface area contributed by atoms with Crippen LogP contribution in [0.1, 0.15) is 122 Å². The quantitative estimate of drug-likeness (QED) is 0.180. The van der Waals surface area contributed by atoms with Crippen molar-refractivity contribution in [1.82, 2.24) is 0 Å². The molecule has 158 valence electrons. The van der Waals surface area contributed by atoms with Gasteiger partial charge < -0.3 is 22.9 Å². The van der Waals surface area contributed by atoms with Gasteiger partial charge in [0.2, 0.25) is 0 Å². The number of hydrogen-bond acceptors (Lipinski definition) is 4. The lowest BCUT2D eigenvalue weighted by Crippen LogP contribution is -2.62. The van der Waals surface area contributed by atoms with Crippen molar-refractivity contribution in [2.75, 3.05) is 6.54 Å². The van der Waals surface area contributed by atoms with Gasteiger partial charge in [0, 0.05) is 6.04 Å². The van der Waals surface area contributed by atoms with Crippen molar-refractivity contribution in [3.05, 3.63) is 0 Å². The predicted molar refractivity (Wildman–Crippen MR) is 117 cm³/mol. The molecule has 0 aliphatic carbocycles. The minimum Gasteiger partial charge on any atom is -0.330 e. The number of rotatable bonds is 20. The number of hydrogen-bond donors (Lipinski definition) is 4. The third-order valence-corrected chi connectivity index (χ3v) is 5.62. The summed E-state index contributed by atoms with van der Waals surface area (Å²) >= 11 is 0. The van der Waals surface area contributed by atoms with Crippen molar-refractivity contribution < 1.29 is 0 Å². The molecule has 8 N–H and O–H groups in total. The van der Waals surface area contributed by atoms with E-state index in [0.29, 0.717) is 0 Å². The van der Waals surface area contributed by atoms with E-state index in [0.717, 1.165) is 38.6 Å². The van der Waals surface area contributed by atoms with Crippen LogP contribution in [0.25, 0.3) is 0 Å². The van der Waals surface area contributed by atoms with Crippen LogP contribution in [0.5, 0.6) is 0 Å². The van der Waals surface area contributed by atoms with Gasteiger partial charge >= 0.3 is 0 Å². The minimum absolute atomic E-state index is 0.0786. The Hall–Kier alpha value is -0.160. The zero-order valence-electron chi connectivity index (χ0n) is 17.8. The molecule has 0 aromatic carbocycles. The van der Waals surface area contributed by atoms with Crippen LogP contribution in [0.3, 0.4) is 0 Å². The van der Waals surface area contributed by atoms with E-state index >= 15 is 0 Å². The van der Waals surface area contributed by atoms with Gasteiger partial charge in [0.05, 0.1) is 5.66 Å². The Kier molecular flexibility index (Phi) is 18.1. The van der Waals surface area contributed by atoms with Crippen LogP contribution in [0, 0.1) is 0 Å². The predicted octanol–water partition coefficient (Wildman–Crippen LogP) is 4.93. The van der Waals surface area contributed by atoms with Crippen molar-refractivity contribution >= 4 is 0 Å². The summed E-state index contributed by atoms with van der Waals surface area (Å²) in [5.41, 5.74) is 23.7. The van der Waals surface area contributed by atoms with Crippen LogP contribution in [-0.2, 0) is 0 Å². The zero-order chi connectivity index (χ0) is 19.5. The Balaban J connectivity index is 3.51. The molecule has 0 rings (SSSR count). The van der Waals surface area contributed by atoms with Crippen molar-refractivity contribution in [1.29, 1.82) is 0 Å². The molecule has 0 saturated carbocycles. The van der Waals surface area contributed by atoms with Crippen LogP contribution in [-0.4, -0.2) is 18.2 Å². The second-order valence-electron chi connectivity index (χ2n) is 8.35. The lowest BCUT2D eigenvalue weighted by atomic mass is 9.91. The van der Waals surface area contributed by atoms with Gasteiger partial charge in [-0.15, -0.1) is 0 Å². The van der Waals surface area contributed by atoms with Crippen molar-refractivity contribution in [3.8, 4) is 0 Å². The molecule has 0 heterocycles. The van der Waals surface area contributed by atoms with Gasteiger partial charge in [-0.1, -0.05) is 103 Å². The van der Waals surface area contributed by atoms with E-state index in [1.165, 1.54) is 83.5 Å². The van der Waals surface area contributed by atoms with Crippen LogP contribution >= 0.6 is 0 Å². The third-order valence-electron chi connectivity index (χ3n) is 5.62. The highest BCUT2D eigenvalue weighted by molar-refractivity contribution is 4.88. The van der Waals surface area contributed by atoms with E-state index in [1.807, 2.05) is 0 Å². The molecule has 0 aromatic heterocycles. The number of unbranched alkanes of at least 4 members (excludes halogenated alkanes) is 14. The summed E-state index contributed by atoms with van der Waals surface area (Å²) in [6, 6.07) is -0.0786. The highest BCUT2D eigenvalue weighted by Gasteiger charge is 2.26. The van der Waals surface area contributed by atoms with E-state index in [4.69, 9.17) is 22.9 Å². The SMILES string of the molecule is CCCCCCCCCCCCC(N)(N)C(N)CCCCCCCCN. The average molecular weight is 371 g/mol. The summed E-state index contributed by atoms with van der Waals surface area (Å²) in [5, 5.41) is 0. The molecule has 0 spiro atoms. The third kappa shape index (κ3) is 16.0. The topological polar surface area (TPSA) is 104 Å². The first-order valence-electron chi connectivity index (χ1n) is 11.6. The van der Waals surface area contributed by atoms with Crippen molar-refractivity contribution in [3.63, 3.8) is 0 Å². The highest BCUT2D eigenvalue weighted by atomic mass is 15.0. The van der Waals surface area contributed by atoms with E-state index < -0.39 is 5.66 Å². The molecule has 26 heavy (non-hydrogen) atoms. The average Bonchev–Trinajstić information content (AvgIpc) is 2.62. The molecule has 0 radical (unpaired) electrons. The van der Waals surface area contributed by atoms with Gasteiger partial charge in [0.1, 0.15) is 0 Å². The van der Waals surface area contributed by atoms with Crippen molar-refractivity contribution in [2.24, 2.45) is 22.9 Å². The van der Waals surface area contributed by atoms with Gasteiger partial charge in [-0.05, 0) is 25.8 Å². The Morgan fingerprint density at radius 3 is 1.54 bits per heavy atom. The normalized spacial score (nSPS) is 13.3. The monoisotopic (exact) mass is 370 g/mol. The maximum atomic E-state index is 6.29. The largest absolute Gasteiger partial charge is 0.330 e. The van der Waals surface area contributed by atoms with Gasteiger partial charge in [-0.3, -0.25) is 0 Å². The molecule has 0 bridgehead atoms. The summed E-state index contributed by atoms with van der Waals surface area (Å²) in [6.45, 7) is 3.08. The fourth-order valence-electron chi connectivity index (χ4n) is 3.59. The Labute approximate surface area is 164 Å². The fourth-order valence-corrected chi connectivity index (χ4v) is 3.59. The van der Waals surface area contributed by atoms with Gasteiger partial charge in [0.25, 0.3) is 0 Å².